The van der Waals surface area contributed by atoms with Crippen molar-refractivity contribution in [2.75, 3.05) is 13.2 Å². The number of rotatable bonds is 4. The van der Waals surface area contributed by atoms with E-state index in [1.165, 1.54) is 11.1 Å². The van der Waals surface area contributed by atoms with Crippen LogP contribution in [0.15, 0.2) is 24.3 Å². The minimum atomic E-state index is -0.704. The average molecular weight is 235 g/mol. The van der Waals surface area contributed by atoms with E-state index < -0.39 is 5.60 Å². The first-order chi connectivity index (χ1) is 8.10. The molecule has 1 saturated heterocycles. The summed E-state index contributed by atoms with van der Waals surface area (Å²) < 4.78 is 5.40. The van der Waals surface area contributed by atoms with Gasteiger partial charge in [0.1, 0.15) is 5.60 Å². The predicted octanol–water partition coefficient (Wildman–Crippen LogP) is 1.62. The topological polar surface area (TPSA) is 41.5 Å². The van der Waals surface area contributed by atoms with Gasteiger partial charge in [0, 0.05) is 26.1 Å². The number of hydrogen-bond donors (Lipinski definition) is 2. The lowest BCUT2D eigenvalue weighted by atomic mass is 9.96. The number of benzene rings is 1. The van der Waals surface area contributed by atoms with Crippen LogP contribution in [0, 0.1) is 6.92 Å². The molecule has 1 aliphatic heterocycles. The Balaban J connectivity index is 1.81. The first-order valence-corrected chi connectivity index (χ1v) is 6.20. The summed E-state index contributed by atoms with van der Waals surface area (Å²) in [7, 11) is 0. The van der Waals surface area contributed by atoms with Gasteiger partial charge in [-0.3, -0.25) is 0 Å². The van der Waals surface area contributed by atoms with Crippen molar-refractivity contribution in [2.45, 2.75) is 38.5 Å². The number of hydrogen-bond acceptors (Lipinski definition) is 3. The van der Waals surface area contributed by atoms with E-state index in [0.717, 1.165) is 13.0 Å². The molecule has 1 fully saturated rings. The second-order valence-corrected chi connectivity index (χ2v) is 4.96. The summed E-state index contributed by atoms with van der Waals surface area (Å²) in [5.74, 6) is 0. The lowest BCUT2D eigenvalue weighted by molar-refractivity contribution is -0.0262. The second-order valence-electron chi connectivity index (χ2n) is 4.96. The molecule has 94 valence electrons. The molecule has 2 N–H and O–H groups in total. The van der Waals surface area contributed by atoms with Crippen LogP contribution in [0.25, 0.3) is 0 Å². The van der Waals surface area contributed by atoms with Crippen LogP contribution in [0.5, 0.6) is 0 Å². The fraction of sp³-hybridized carbons (Fsp3) is 0.571. The summed E-state index contributed by atoms with van der Waals surface area (Å²) in [4.78, 5) is 0. The van der Waals surface area contributed by atoms with Crippen LogP contribution in [-0.4, -0.2) is 30.0 Å². The van der Waals surface area contributed by atoms with Gasteiger partial charge in [-0.15, -0.1) is 0 Å². The maximum absolute atomic E-state index is 10.3. The third-order valence-corrected chi connectivity index (χ3v) is 3.54. The maximum Gasteiger partial charge on any atom is 0.105 e. The average Bonchev–Trinajstić information content (AvgIpc) is 2.63. The Morgan fingerprint density at radius 2 is 2.12 bits per heavy atom. The molecule has 0 aromatic heterocycles. The molecule has 1 aromatic rings. The van der Waals surface area contributed by atoms with Crippen LogP contribution in [0.4, 0.5) is 0 Å². The van der Waals surface area contributed by atoms with Crippen LogP contribution in [0.2, 0.25) is 0 Å². The fourth-order valence-electron chi connectivity index (χ4n) is 2.13. The number of nitrogens with one attached hydrogen (secondary N) is 1. The van der Waals surface area contributed by atoms with Crippen molar-refractivity contribution in [3.63, 3.8) is 0 Å². The van der Waals surface area contributed by atoms with Crippen molar-refractivity contribution in [3.05, 3.63) is 35.4 Å². The van der Waals surface area contributed by atoms with E-state index in [0.29, 0.717) is 13.2 Å². The van der Waals surface area contributed by atoms with Gasteiger partial charge in [-0.25, -0.2) is 0 Å². The summed E-state index contributed by atoms with van der Waals surface area (Å²) in [5.41, 5.74) is 1.81. The first kappa shape index (κ1) is 12.6. The number of ether oxygens (including phenoxy) is 1. The highest BCUT2D eigenvalue weighted by Crippen LogP contribution is 2.24. The zero-order valence-corrected chi connectivity index (χ0v) is 10.6. The van der Waals surface area contributed by atoms with Crippen LogP contribution in [0.1, 0.15) is 24.5 Å². The Morgan fingerprint density at radius 1 is 1.41 bits per heavy atom. The molecule has 0 saturated carbocycles. The van der Waals surface area contributed by atoms with Gasteiger partial charge < -0.3 is 15.2 Å². The Bertz CT molecular complexity index is 363. The fourth-order valence-corrected chi connectivity index (χ4v) is 2.13. The van der Waals surface area contributed by atoms with Gasteiger partial charge in [-0.2, -0.15) is 0 Å². The summed E-state index contributed by atoms with van der Waals surface area (Å²) in [6.07, 6.45) is 0.641. The molecule has 2 rings (SSSR count). The third-order valence-electron chi connectivity index (χ3n) is 3.54. The van der Waals surface area contributed by atoms with Crippen molar-refractivity contribution in [2.24, 2.45) is 0 Å². The van der Waals surface area contributed by atoms with Crippen molar-refractivity contribution < 1.29 is 9.84 Å². The van der Waals surface area contributed by atoms with E-state index in [4.69, 9.17) is 4.74 Å². The molecule has 0 spiro atoms. The zero-order chi connectivity index (χ0) is 12.3. The standard InChI is InChI=1S/C14H21NO2/c1-11-3-5-13(6-4-11)9-15-10-14(16)7-8-17-12(14)2/h3-6,12,15-16H,7-10H2,1-2H3. The third kappa shape index (κ3) is 3.06. The summed E-state index contributed by atoms with van der Waals surface area (Å²) in [6, 6.07) is 8.43. The van der Waals surface area contributed by atoms with E-state index in [1.54, 1.807) is 0 Å². The van der Waals surface area contributed by atoms with Gasteiger partial charge in [0.25, 0.3) is 0 Å². The molecule has 0 amide bonds. The quantitative estimate of drug-likeness (QED) is 0.833. The maximum atomic E-state index is 10.3. The number of aryl methyl sites for hydroxylation is 1. The summed E-state index contributed by atoms with van der Waals surface area (Å²) in [5, 5.41) is 13.6. The molecule has 17 heavy (non-hydrogen) atoms. The molecule has 0 aliphatic carbocycles. The van der Waals surface area contributed by atoms with Gasteiger partial charge in [0.2, 0.25) is 0 Å². The molecule has 0 bridgehead atoms. The molecule has 3 nitrogen and oxygen atoms in total. The second kappa shape index (κ2) is 5.17. The van der Waals surface area contributed by atoms with E-state index in [-0.39, 0.29) is 6.10 Å². The van der Waals surface area contributed by atoms with Gasteiger partial charge in [0.05, 0.1) is 6.10 Å². The van der Waals surface area contributed by atoms with Gasteiger partial charge in [-0.1, -0.05) is 29.8 Å². The van der Waals surface area contributed by atoms with Crippen molar-refractivity contribution in [1.29, 1.82) is 0 Å². The minimum Gasteiger partial charge on any atom is -0.386 e. The van der Waals surface area contributed by atoms with E-state index in [1.807, 2.05) is 6.92 Å². The smallest absolute Gasteiger partial charge is 0.105 e. The van der Waals surface area contributed by atoms with E-state index >= 15 is 0 Å². The molecule has 2 unspecified atom stereocenters. The zero-order valence-electron chi connectivity index (χ0n) is 10.6. The van der Waals surface area contributed by atoms with Crippen LogP contribution in [0.3, 0.4) is 0 Å². The van der Waals surface area contributed by atoms with Gasteiger partial charge in [0.15, 0.2) is 0 Å². The molecular formula is C14H21NO2. The van der Waals surface area contributed by atoms with Crippen LogP contribution in [-0.2, 0) is 11.3 Å². The van der Waals surface area contributed by atoms with Crippen LogP contribution >= 0.6 is 0 Å². The first-order valence-electron chi connectivity index (χ1n) is 6.20. The summed E-state index contributed by atoms with van der Waals surface area (Å²) >= 11 is 0. The lowest BCUT2D eigenvalue weighted by Gasteiger charge is -2.26. The molecule has 1 aromatic carbocycles. The largest absolute Gasteiger partial charge is 0.386 e. The van der Waals surface area contributed by atoms with Crippen molar-refractivity contribution in [1.82, 2.24) is 5.32 Å². The highest BCUT2D eigenvalue weighted by Gasteiger charge is 2.38. The normalized spacial score (nSPS) is 28.5. The van der Waals surface area contributed by atoms with E-state index in [9.17, 15) is 5.11 Å². The van der Waals surface area contributed by atoms with E-state index in [2.05, 4.69) is 36.5 Å². The highest BCUT2D eigenvalue weighted by molar-refractivity contribution is 5.21. The minimum absolute atomic E-state index is 0.0759. The Labute approximate surface area is 103 Å². The van der Waals surface area contributed by atoms with Crippen LogP contribution < -0.4 is 5.32 Å². The molecule has 1 heterocycles. The molecule has 0 radical (unpaired) electrons. The van der Waals surface area contributed by atoms with Gasteiger partial charge >= 0.3 is 0 Å². The Morgan fingerprint density at radius 3 is 2.71 bits per heavy atom. The van der Waals surface area contributed by atoms with Gasteiger partial charge in [-0.05, 0) is 19.4 Å². The SMILES string of the molecule is Cc1ccc(CNCC2(O)CCOC2C)cc1. The molecule has 1 aliphatic rings. The number of aliphatic hydroxyl groups is 1. The monoisotopic (exact) mass is 235 g/mol. The lowest BCUT2D eigenvalue weighted by Crippen LogP contribution is -2.45. The summed E-state index contributed by atoms with van der Waals surface area (Å²) in [6.45, 7) is 6.04. The molecular weight excluding hydrogens is 214 g/mol. The van der Waals surface area contributed by atoms with Crippen molar-refractivity contribution >= 4 is 0 Å². The Kier molecular flexibility index (Phi) is 3.82. The van der Waals surface area contributed by atoms with Crippen molar-refractivity contribution in [3.8, 4) is 0 Å². The highest BCUT2D eigenvalue weighted by atomic mass is 16.5. The molecule has 3 heteroatoms. The Hall–Kier alpha value is -0.900. The molecule has 2 atom stereocenters. The predicted molar refractivity (Wildman–Crippen MR) is 67.9 cm³/mol.